The molecule has 27 heavy (non-hydrogen) atoms. The van der Waals surface area contributed by atoms with Crippen LogP contribution in [0.1, 0.15) is 11.3 Å². The summed E-state index contributed by atoms with van der Waals surface area (Å²) in [4.78, 5) is 0. The molecule has 130 valence electrons. The van der Waals surface area contributed by atoms with E-state index in [1.165, 1.54) is 10.8 Å². The lowest BCUT2D eigenvalue weighted by molar-refractivity contribution is 1.07. The molecule has 0 aliphatic heterocycles. The molecule has 0 aliphatic rings. The Bertz CT molecular complexity index is 1210. The molecule has 1 aromatic heterocycles. The Morgan fingerprint density at radius 3 is 2.48 bits per heavy atom. The van der Waals surface area contributed by atoms with Gasteiger partial charge in [0.15, 0.2) is 0 Å². The first-order valence-electron chi connectivity index (χ1n) is 8.39. The number of nitriles is 1. The summed E-state index contributed by atoms with van der Waals surface area (Å²) in [5, 5.41) is 13.0. The summed E-state index contributed by atoms with van der Waals surface area (Å²) in [5.74, 6) is 0. The molecular weight excluding hydrogens is 375 g/mol. The third-order valence-electron chi connectivity index (χ3n) is 4.43. The predicted octanol–water partition coefficient (Wildman–Crippen LogP) is 7.00. The van der Waals surface area contributed by atoms with Gasteiger partial charge >= 0.3 is 0 Å². The largest absolute Gasteiger partial charge is 0.317 e. The van der Waals surface area contributed by atoms with Crippen LogP contribution in [0.5, 0.6) is 0 Å². The third kappa shape index (κ3) is 3.48. The summed E-state index contributed by atoms with van der Waals surface area (Å²) < 4.78 is 2.05. The van der Waals surface area contributed by atoms with Crippen molar-refractivity contribution in [1.82, 2.24) is 4.57 Å². The Balaban J connectivity index is 1.80. The van der Waals surface area contributed by atoms with E-state index in [0.29, 0.717) is 21.2 Å². The normalized spacial score (nSPS) is 11.5. The Morgan fingerprint density at radius 1 is 0.889 bits per heavy atom. The minimum Gasteiger partial charge on any atom is -0.317 e. The SMILES string of the molecule is N#C/C(=C/c1cccn1-c1ccc2ccccc2c1)c1ccc(Cl)cc1Cl. The minimum absolute atomic E-state index is 0.458. The number of allylic oxidation sites excluding steroid dienone is 1. The van der Waals surface area contributed by atoms with Gasteiger partial charge in [-0.05, 0) is 53.2 Å². The van der Waals surface area contributed by atoms with Crippen molar-refractivity contribution in [3.63, 3.8) is 0 Å². The molecule has 0 saturated carbocycles. The van der Waals surface area contributed by atoms with Crippen LogP contribution in [0.2, 0.25) is 10.0 Å². The Kier molecular flexibility index (Phi) is 4.73. The molecule has 1 heterocycles. The van der Waals surface area contributed by atoms with Crippen LogP contribution >= 0.6 is 23.2 Å². The second kappa shape index (κ2) is 7.32. The zero-order valence-electron chi connectivity index (χ0n) is 14.2. The van der Waals surface area contributed by atoms with Crippen molar-refractivity contribution in [2.24, 2.45) is 0 Å². The lowest BCUT2D eigenvalue weighted by atomic mass is 10.1. The fraction of sp³-hybridized carbons (Fsp3) is 0. The summed E-state index contributed by atoms with van der Waals surface area (Å²) in [5.41, 5.74) is 3.07. The predicted molar refractivity (Wildman–Crippen MR) is 113 cm³/mol. The number of fused-ring (bicyclic) bond motifs is 1. The van der Waals surface area contributed by atoms with Crippen LogP contribution in [0.3, 0.4) is 0 Å². The molecule has 0 bridgehead atoms. The van der Waals surface area contributed by atoms with Gasteiger partial charge in [0.2, 0.25) is 0 Å². The average Bonchev–Trinajstić information content (AvgIpc) is 3.14. The number of benzene rings is 3. The molecule has 2 nitrogen and oxygen atoms in total. The van der Waals surface area contributed by atoms with Crippen molar-refractivity contribution in [1.29, 1.82) is 5.26 Å². The lowest BCUT2D eigenvalue weighted by Gasteiger charge is -2.09. The molecule has 4 heteroatoms. The zero-order chi connectivity index (χ0) is 18.8. The van der Waals surface area contributed by atoms with Crippen LogP contribution < -0.4 is 0 Å². The van der Waals surface area contributed by atoms with E-state index in [4.69, 9.17) is 23.2 Å². The maximum absolute atomic E-state index is 9.66. The van der Waals surface area contributed by atoms with E-state index in [1.807, 2.05) is 41.1 Å². The monoisotopic (exact) mass is 388 g/mol. The Hall–Kier alpha value is -2.99. The quantitative estimate of drug-likeness (QED) is 0.347. The number of rotatable bonds is 3. The summed E-state index contributed by atoms with van der Waals surface area (Å²) in [6.07, 6.45) is 3.82. The van der Waals surface area contributed by atoms with E-state index < -0.39 is 0 Å². The van der Waals surface area contributed by atoms with Gasteiger partial charge < -0.3 is 4.57 Å². The van der Waals surface area contributed by atoms with Crippen LogP contribution in [0.25, 0.3) is 28.1 Å². The molecular formula is C23H14Cl2N2. The van der Waals surface area contributed by atoms with Gasteiger partial charge in [0.25, 0.3) is 0 Å². The molecule has 0 unspecified atom stereocenters. The van der Waals surface area contributed by atoms with E-state index in [-0.39, 0.29) is 0 Å². The summed E-state index contributed by atoms with van der Waals surface area (Å²) in [6, 6.07) is 25.8. The summed E-state index contributed by atoms with van der Waals surface area (Å²) in [6.45, 7) is 0. The Labute approximate surface area is 167 Å². The van der Waals surface area contributed by atoms with E-state index in [9.17, 15) is 5.26 Å². The van der Waals surface area contributed by atoms with Crippen LogP contribution in [0.15, 0.2) is 79.0 Å². The zero-order valence-corrected chi connectivity index (χ0v) is 15.7. The molecule has 0 spiro atoms. The van der Waals surface area contributed by atoms with Gasteiger partial charge in [-0.2, -0.15) is 5.26 Å². The van der Waals surface area contributed by atoms with E-state index >= 15 is 0 Å². The minimum atomic E-state index is 0.458. The van der Waals surface area contributed by atoms with Crippen LogP contribution in [-0.4, -0.2) is 4.57 Å². The number of aromatic nitrogens is 1. The smallest absolute Gasteiger partial charge is 0.0999 e. The lowest BCUT2D eigenvalue weighted by Crippen LogP contribution is -1.95. The first kappa shape index (κ1) is 17.4. The first-order chi connectivity index (χ1) is 13.2. The highest BCUT2D eigenvalue weighted by molar-refractivity contribution is 6.36. The molecule has 0 radical (unpaired) electrons. The molecule has 3 aromatic carbocycles. The van der Waals surface area contributed by atoms with Crippen LogP contribution in [0, 0.1) is 11.3 Å². The van der Waals surface area contributed by atoms with E-state index in [1.54, 1.807) is 18.2 Å². The second-order valence-electron chi connectivity index (χ2n) is 6.13. The average molecular weight is 389 g/mol. The van der Waals surface area contributed by atoms with Crippen molar-refractivity contribution < 1.29 is 0 Å². The van der Waals surface area contributed by atoms with Gasteiger partial charge in [0.1, 0.15) is 0 Å². The highest BCUT2D eigenvalue weighted by Gasteiger charge is 2.09. The summed E-state index contributed by atoms with van der Waals surface area (Å²) >= 11 is 12.3. The van der Waals surface area contributed by atoms with Crippen molar-refractivity contribution >= 4 is 45.6 Å². The van der Waals surface area contributed by atoms with Crippen LogP contribution in [0.4, 0.5) is 0 Å². The molecule has 0 amide bonds. The number of hydrogen-bond acceptors (Lipinski definition) is 1. The van der Waals surface area contributed by atoms with Crippen LogP contribution in [-0.2, 0) is 0 Å². The maximum Gasteiger partial charge on any atom is 0.0999 e. The number of hydrogen-bond donors (Lipinski definition) is 0. The topological polar surface area (TPSA) is 28.7 Å². The second-order valence-corrected chi connectivity index (χ2v) is 6.97. The van der Waals surface area contributed by atoms with Gasteiger partial charge in [-0.15, -0.1) is 0 Å². The van der Waals surface area contributed by atoms with Gasteiger partial charge in [-0.25, -0.2) is 0 Å². The third-order valence-corrected chi connectivity index (χ3v) is 4.97. The molecule has 0 atom stereocenters. The van der Waals surface area contributed by atoms with E-state index in [2.05, 4.69) is 36.4 Å². The molecule has 0 fully saturated rings. The van der Waals surface area contributed by atoms with Crippen molar-refractivity contribution in [2.45, 2.75) is 0 Å². The number of nitrogens with zero attached hydrogens (tertiary/aromatic N) is 2. The summed E-state index contributed by atoms with van der Waals surface area (Å²) in [7, 11) is 0. The Morgan fingerprint density at radius 2 is 1.70 bits per heavy atom. The van der Waals surface area contributed by atoms with Gasteiger partial charge in [-0.1, -0.05) is 59.6 Å². The fourth-order valence-electron chi connectivity index (χ4n) is 3.10. The van der Waals surface area contributed by atoms with Gasteiger partial charge in [0.05, 0.1) is 16.7 Å². The highest BCUT2D eigenvalue weighted by atomic mass is 35.5. The molecule has 0 aliphatic carbocycles. The van der Waals surface area contributed by atoms with Gasteiger partial charge in [-0.3, -0.25) is 0 Å². The molecule has 4 aromatic rings. The van der Waals surface area contributed by atoms with Crippen molar-refractivity contribution in [2.75, 3.05) is 0 Å². The molecule has 0 N–H and O–H groups in total. The molecule has 0 saturated heterocycles. The van der Waals surface area contributed by atoms with Gasteiger partial charge in [0, 0.05) is 28.2 Å². The molecule has 4 rings (SSSR count). The first-order valence-corrected chi connectivity index (χ1v) is 9.15. The van der Waals surface area contributed by atoms with Crippen molar-refractivity contribution in [3.8, 4) is 11.8 Å². The standard InChI is InChI=1S/C23H14Cl2N2/c24-19-8-10-22(23(25)14-19)18(15-26)13-20-6-3-11-27(20)21-9-7-16-4-1-2-5-17(16)12-21/h1-14H/b18-13-. The highest BCUT2D eigenvalue weighted by Crippen LogP contribution is 2.29. The van der Waals surface area contributed by atoms with E-state index in [0.717, 1.165) is 11.4 Å². The fourth-order valence-corrected chi connectivity index (χ4v) is 3.61. The maximum atomic E-state index is 9.66. The van der Waals surface area contributed by atoms with Crippen molar-refractivity contribution in [3.05, 3.63) is 100 Å². The number of halogens is 2.